The van der Waals surface area contributed by atoms with Crippen molar-refractivity contribution in [2.75, 3.05) is 42.5 Å². The van der Waals surface area contributed by atoms with Crippen LogP contribution in [0.25, 0.3) is 0 Å². The lowest BCUT2D eigenvalue weighted by Crippen LogP contribution is -2.49. The first-order chi connectivity index (χ1) is 14.5. The van der Waals surface area contributed by atoms with Crippen molar-refractivity contribution in [3.8, 4) is 0 Å². The average Bonchev–Trinajstić information content (AvgIpc) is 2.77. The zero-order valence-corrected chi connectivity index (χ0v) is 17.9. The molecule has 0 unspecified atom stereocenters. The smallest absolute Gasteiger partial charge is 0.322 e. The second-order valence-electron chi connectivity index (χ2n) is 8.53. The van der Waals surface area contributed by atoms with Crippen molar-refractivity contribution < 1.29 is 9.18 Å². The molecule has 4 rings (SSSR count). The van der Waals surface area contributed by atoms with Crippen molar-refractivity contribution in [1.82, 2.24) is 10.2 Å². The standard InChI is InChI=1S/C24H31FN4O/c1-18(2)27-13-11-19(12-14-27)17-26-24(30)29-16-15-28(21-9-7-20(25)8-10-21)22-5-3-4-6-23(22)29/h3-10,18-19H,11-17H2,1-2H3,(H,26,30). The molecule has 1 fully saturated rings. The molecule has 2 heterocycles. The van der Waals surface area contributed by atoms with Gasteiger partial charge >= 0.3 is 6.03 Å². The van der Waals surface area contributed by atoms with Crippen LogP contribution >= 0.6 is 0 Å². The van der Waals surface area contributed by atoms with Gasteiger partial charge in [0.2, 0.25) is 0 Å². The number of hydrogen-bond donors (Lipinski definition) is 1. The number of carbonyl (C=O) groups excluding carboxylic acids is 1. The SMILES string of the molecule is CC(C)N1CCC(CNC(=O)N2CCN(c3ccc(F)cc3)c3ccccc32)CC1. The maximum Gasteiger partial charge on any atom is 0.322 e. The van der Waals surface area contributed by atoms with E-state index in [2.05, 4.69) is 29.0 Å². The number of benzene rings is 2. The van der Waals surface area contributed by atoms with Crippen molar-refractivity contribution in [2.24, 2.45) is 5.92 Å². The third-order valence-electron chi connectivity index (χ3n) is 6.32. The molecule has 1 saturated heterocycles. The minimum Gasteiger partial charge on any atom is -0.338 e. The number of para-hydroxylation sites is 2. The van der Waals surface area contributed by atoms with Crippen LogP contribution in [-0.4, -0.2) is 49.7 Å². The van der Waals surface area contributed by atoms with E-state index in [1.807, 2.05) is 29.2 Å². The van der Waals surface area contributed by atoms with Gasteiger partial charge < -0.3 is 15.1 Å². The fourth-order valence-electron chi connectivity index (χ4n) is 4.46. The monoisotopic (exact) mass is 410 g/mol. The van der Waals surface area contributed by atoms with Gasteiger partial charge in [0.05, 0.1) is 11.4 Å². The van der Waals surface area contributed by atoms with Gasteiger partial charge in [-0.3, -0.25) is 4.90 Å². The Morgan fingerprint density at radius 3 is 2.33 bits per heavy atom. The van der Waals surface area contributed by atoms with Crippen LogP contribution in [0.4, 0.5) is 26.2 Å². The predicted molar refractivity (Wildman–Crippen MR) is 120 cm³/mol. The van der Waals surface area contributed by atoms with E-state index in [9.17, 15) is 9.18 Å². The number of anilines is 3. The molecule has 0 spiro atoms. The van der Waals surface area contributed by atoms with E-state index in [4.69, 9.17) is 0 Å². The largest absolute Gasteiger partial charge is 0.338 e. The van der Waals surface area contributed by atoms with E-state index >= 15 is 0 Å². The first-order valence-corrected chi connectivity index (χ1v) is 10.9. The number of halogens is 1. The van der Waals surface area contributed by atoms with E-state index in [1.165, 1.54) is 12.1 Å². The molecule has 0 radical (unpaired) electrons. The van der Waals surface area contributed by atoms with Crippen LogP contribution in [0.5, 0.6) is 0 Å². The summed E-state index contributed by atoms with van der Waals surface area (Å²) in [6.07, 6.45) is 2.26. The molecule has 6 heteroatoms. The number of carbonyl (C=O) groups is 1. The Hall–Kier alpha value is -2.60. The molecule has 2 aromatic carbocycles. The Bertz CT molecular complexity index is 862. The third kappa shape index (κ3) is 4.43. The highest BCUT2D eigenvalue weighted by Gasteiger charge is 2.28. The fourth-order valence-corrected chi connectivity index (χ4v) is 4.46. The van der Waals surface area contributed by atoms with Crippen molar-refractivity contribution >= 4 is 23.1 Å². The molecule has 1 N–H and O–H groups in total. The number of hydrogen-bond acceptors (Lipinski definition) is 3. The van der Waals surface area contributed by atoms with Gasteiger partial charge in [-0.05, 0) is 82.1 Å². The van der Waals surface area contributed by atoms with E-state index < -0.39 is 0 Å². The van der Waals surface area contributed by atoms with Crippen LogP contribution in [-0.2, 0) is 0 Å². The Morgan fingerprint density at radius 2 is 1.67 bits per heavy atom. The number of urea groups is 1. The molecule has 0 saturated carbocycles. The van der Waals surface area contributed by atoms with Crippen molar-refractivity contribution in [1.29, 1.82) is 0 Å². The van der Waals surface area contributed by atoms with Crippen LogP contribution in [0.3, 0.4) is 0 Å². The summed E-state index contributed by atoms with van der Waals surface area (Å²) >= 11 is 0. The van der Waals surface area contributed by atoms with Gasteiger partial charge in [-0.25, -0.2) is 9.18 Å². The van der Waals surface area contributed by atoms with Gasteiger partial charge in [0.15, 0.2) is 0 Å². The molecule has 160 valence electrons. The maximum atomic E-state index is 13.3. The molecule has 2 aromatic rings. The highest BCUT2D eigenvalue weighted by molar-refractivity contribution is 5.97. The van der Waals surface area contributed by atoms with Crippen LogP contribution < -0.4 is 15.1 Å². The molecule has 0 aliphatic carbocycles. The van der Waals surface area contributed by atoms with E-state index in [1.54, 1.807) is 12.1 Å². The molecule has 2 aliphatic rings. The zero-order valence-electron chi connectivity index (χ0n) is 17.9. The average molecular weight is 411 g/mol. The Morgan fingerprint density at radius 1 is 1.00 bits per heavy atom. The number of likely N-dealkylation sites (tertiary alicyclic amines) is 1. The first-order valence-electron chi connectivity index (χ1n) is 10.9. The molecular weight excluding hydrogens is 379 g/mol. The van der Waals surface area contributed by atoms with Gasteiger partial charge in [0.25, 0.3) is 0 Å². The number of fused-ring (bicyclic) bond motifs is 1. The Balaban J connectivity index is 1.41. The van der Waals surface area contributed by atoms with Crippen molar-refractivity contribution in [3.05, 3.63) is 54.3 Å². The van der Waals surface area contributed by atoms with Crippen LogP contribution in [0, 0.1) is 11.7 Å². The second-order valence-corrected chi connectivity index (χ2v) is 8.53. The van der Waals surface area contributed by atoms with Gasteiger partial charge in [-0.1, -0.05) is 12.1 Å². The van der Waals surface area contributed by atoms with Crippen LogP contribution in [0.1, 0.15) is 26.7 Å². The van der Waals surface area contributed by atoms with Crippen LogP contribution in [0.15, 0.2) is 48.5 Å². The van der Waals surface area contributed by atoms with Crippen LogP contribution in [0.2, 0.25) is 0 Å². The summed E-state index contributed by atoms with van der Waals surface area (Å²) in [5, 5.41) is 3.17. The third-order valence-corrected chi connectivity index (χ3v) is 6.32. The number of amides is 2. The second kappa shape index (κ2) is 9.04. The predicted octanol–water partition coefficient (Wildman–Crippen LogP) is 4.61. The number of rotatable bonds is 4. The molecular formula is C24H31FN4O. The quantitative estimate of drug-likeness (QED) is 0.800. The first kappa shape index (κ1) is 20.7. The molecule has 0 bridgehead atoms. The lowest BCUT2D eigenvalue weighted by atomic mass is 9.96. The van der Waals surface area contributed by atoms with Crippen molar-refractivity contribution in [3.63, 3.8) is 0 Å². The van der Waals surface area contributed by atoms with E-state index in [-0.39, 0.29) is 11.8 Å². The minimum atomic E-state index is -0.246. The summed E-state index contributed by atoms with van der Waals surface area (Å²) in [4.78, 5) is 19.5. The highest BCUT2D eigenvalue weighted by atomic mass is 19.1. The lowest BCUT2D eigenvalue weighted by molar-refractivity contribution is 0.149. The lowest BCUT2D eigenvalue weighted by Gasteiger charge is -2.38. The molecule has 2 aliphatic heterocycles. The molecule has 0 atom stereocenters. The maximum absolute atomic E-state index is 13.3. The topological polar surface area (TPSA) is 38.8 Å². The number of nitrogens with one attached hydrogen (secondary N) is 1. The van der Waals surface area contributed by atoms with E-state index in [0.29, 0.717) is 25.0 Å². The minimum absolute atomic E-state index is 0.0347. The molecule has 0 aromatic heterocycles. The summed E-state index contributed by atoms with van der Waals surface area (Å²) in [7, 11) is 0. The zero-order chi connectivity index (χ0) is 21.1. The Kier molecular flexibility index (Phi) is 6.23. The number of piperidine rings is 1. The van der Waals surface area contributed by atoms with Gasteiger partial charge in [0.1, 0.15) is 5.82 Å². The normalized spacial score (nSPS) is 17.9. The molecule has 2 amide bonds. The molecule has 30 heavy (non-hydrogen) atoms. The summed E-state index contributed by atoms with van der Waals surface area (Å²) in [5.41, 5.74) is 2.79. The van der Waals surface area contributed by atoms with Gasteiger partial charge in [-0.2, -0.15) is 0 Å². The van der Waals surface area contributed by atoms with Gasteiger partial charge in [-0.15, -0.1) is 0 Å². The Labute approximate surface area is 178 Å². The van der Waals surface area contributed by atoms with Crippen molar-refractivity contribution in [2.45, 2.75) is 32.7 Å². The summed E-state index contributed by atoms with van der Waals surface area (Å²) in [6.45, 7) is 8.69. The highest BCUT2D eigenvalue weighted by Crippen LogP contribution is 2.37. The number of nitrogens with zero attached hydrogens (tertiary/aromatic N) is 3. The van der Waals surface area contributed by atoms with E-state index in [0.717, 1.165) is 49.5 Å². The summed E-state index contributed by atoms with van der Waals surface area (Å²) < 4.78 is 13.3. The summed E-state index contributed by atoms with van der Waals surface area (Å²) in [6, 6.07) is 15.0. The fraction of sp³-hybridized carbons (Fsp3) is 0.458. The van der Waals surface area contributed by atoms with Gasteiger partial charge in [0, 0.05) is 31.4 Å². The summed E-state index contributed by atoms with van der Waals surface area (Å²) in [5.74, 6) is 0.295. The molecule has 5 nitrogen and oxygen atoms in total.